The molecule has 0 saturated carbocycles. The van der Waals surface area contributed by atoms with E-state index < -0.39 is 22.1 Å². The number of carbonyl (C=O) groups is 1. The van der Waals surface area contributed by atoms with Crippen LogP contribution in [0.2, 0.25) is 0 Å². The van der Waals surface area contributed by atoms with E-state index in [4.69, 9.17) is 4.74 Å². The number of carbonyl (C=O) groups excluding carboxylic acids is 1. The predicted molar refractivity (Wildman–Crippen MR) is 114 cm³/mol. The van der Waals surface area contributed by atoms with Gasteiger partial charge in [-0.15, -0.1) is 0 Å². The standard InChI is InChI=1S/C19H21BrN2O3S2/c1-5-25-18(23)13-8-7-11-21-17(13)26-16-10-6-9-15(20)14(16)12-22-27(24)19(2,3)4/h6-12H,5H2,1-4H3/b22-12+. The van der Waals surface area contributed by atoms with Gasteiger partial charge >= 0.3 is 5.97 Å². The van der Waals surface area contributed by atoms with Gasteiger partial charge in [-0.1, -0.05) is 38.2 Å². The van der Waals surface area contributed by atoms with Gasteiger partial charge in [0.1, 0.15) is 21.1 Å². The maximum Gasteiger partial charge on any atom is 0.340 e. The molecule has 2 aromatic rings. The smallest absolute Gasteiger partial charge is 0.340 e. The molecule has 144 valence electrons. The second-order valence-corrected chi connectivity index (χ2v) is 10.2. The van der Waals surface area contributed by atoms with Crippen molar-refractivity contribution in [2.45, 2.75) is 42.4 Å². The van der Waals surface area contributed by atoms with Crippen molar-refractivity contribution in [3.63, 3.8) is 0 Å². The molecule has 0 bridgehead atoms. The predicted octanol–water partition coefficient (Wildman–Crippen LogP) is 5.05. The molecule has 1 atom stereocenters. The van der Waals surface area contributed by atoms with Crippen molar-refractivity contribution in [3.8, 4) is 0 Å². The van der Waals surface area contributed by atoms with E-state index in [0.717, 1.165) is 14.9 Å². The molecule has 0 radical (unpaired) electrons. The Labute approximate surface area is 175 Å². The van der Waals surface area contributed by atoms with Gasteiger partial charge in [-0.25, -0.2) is 9.78 Å². The minimum absolute atomic E-state index is 0.297. The lowest BCUT2D eigenvalue weighted by Gasteiger charge is -2.18. The molecule has 0 saturated heterocycles. The summed E-state index contributed by atoms with van der Waals surface area (Å²) in [7, 11) is 0. The molecule has 0 aliphatic carbocycles. The first-order valence-electron chi connectivity index (χ1n) is 8.28. The van der Waals surface area contributed by atoms with Gasteiger partial charge in [0.2, 0.25) is 0 Å². The van der Waals surface area contributed by atoms with Gasteiger partial charge in [-0.2, -0.15) is 0 Å². The van der Waals surface area contributed by atoms with Crippen LogP contribution in [0.25, 0.3) is 0 Å². The fourth-order valence-corrected chi connectivity index (χ4v) is 4.05. The van der Waals surface area contributed by atoms with Gasteiger partial charge in [0.05, 0.1) is 18.4 Å². The maximum absolute atomic E-state index is 12.3. The Balaban J connectivity index is 2.38. The number of hydrogen-bond donors (Lipinski definition) is 0. The number of rotatable bonds is 6. The highest BCUT2D eigenvalue weighted by atomic mass is 79.9. The van der Waals surface area contributed by atoms with E-state index in [-0.39, 0.29) is 0 Å². The molecular weight excluding hydrogens is 448 g/mol. The van der Waals surface area contributed by atoms with Gasteiger partial charge in [0.15, 0.2) is 0 Å². The number of pyridine rings is 1. The second kappa shape index (κ2) is 9.73. The van der Waals surface area contributed by atoms with Crippen molar-refractivity contribution >= 4 is 51.2 Å². The Hall–Kier alpha value is -1.35. The van der Waals surface area contributed by atoms with Gasteiger partial charge in [0.25, 0.3) is 0 Å². The summed E-state index contributed by atoms with van der Waals surface area (Å²) < 4.78 is 21.9. The average Bonchev–Trinajstić information content (AvgIpc) is 2.61. The number of halogens is 1. The van der Waals surface area contributed by atoms with Crippen LogP contribution in [0.1, 0.15) is 43.6 Å². The van der Waals surface area contributed by atoms with Crippen molar-refractivity contribution in [3.05, 3.63) is 52.1 Å². The Kier molecular flexibility index (Phi) is 7.91. The number of nitrogens with zero attached hydrogens (tertiary/aromatic N) is 2. The van der Waals surface area contributed by atoms with Crippen LogP contribution in [-0.4, -0.2) is 33.1 Å². The molecule has 27 heavy (non-hydrogen) atoms. The molecule has 0 amide bonds. The number of esters is 1. The summed E-state index contributed by atoms with van der Waals surface area (Å²) in [6.07, 6.45) is 3.23. The zero-order valence-electron chi connectivity index (χ0n) is 15.6. The lowest BCUT2D eigenvalue weighted by atomic mass is 10.2. The van der Waals surface area contributed by atoms with Crippen LogP contribution in [-0.2, 0) is 16.1 Å². The molecule has 8 heteroatoms. The van der Waals surface area contributed by atoms with Crippen LogP contribution < -0.4 is 0 Å². The normalized spacial score (nSPS) is 13.0. The molecular formula is C19H21BrN2O3S2. The number of ether oxygens (including phenoxy) is 1. The molecule has 5 nitrogen and oxygen atoms in total. The first kappa shape index (κ1) is 21.9. The number of aromatic nitrogens is 1. The summed E-state index contributed by atoms with van der Waals surface area (Å²) in [4.78, 5) is 17.3. The van der Waals surface area contributed by atoms with Gasteiger partial charge in [0, 0.05) is 21.1 Å². The lowest BCUT2D eigenvalue weighted by molar-refractivity contribution is 0.0521. The monoisotopic (exact) mass is 468 g/mol. The van der Waals surface area contributed by atoms with Crippen LogP contribution in [0.3, 0.4) is 0 Å². The summed E-state index contributed by atoms with van der Waals surface area (Å²) in [6.45, 7) is 7.67. The lowest BCUT2D eigenvalue weighted by Crippen LogP contribution is -2.25. The highest BCUT2D eigenvalue weighted by Crippen LogP contribution is 2.34. The zero-order valence-corrected chi connectivity index (χ0v) is 18.8. The van der Waals surface area contributed by atoms with Gasteiger partial charge < -0.3 is 9.29 Å². The third kappa shape index (κ3) is 6.07. The Morgan fingerprint density at radius 3 is 2.78 bits per heavy atom. The molecule has 0 N–H and O–H groups in total. The average molecular weight is 469 g/mol. The van der Waals surface area contributed by atoms with E-state index >= 15 is 0 Å². The van der Waals surface area contributed by atoms with Crippen molar-refractivity contribution in [2.75, 3.05) is 6.61 Å². The quantitative estimate of drug-likeness (QED) is 0.336. The molecule has 1 unspecified atom stereocenters. The van der Waals surface area contributed by atoms with Gasteiger partial charge in [-0.05, 0) is 52.0 Å². The van der Waals surface area contributed by atoms with E-state index in [2.05, 4.69) is 25.3 Å². The molecule has 0 aliphatic heterocycles. The van der Waals surface area contributed by atoms with E-state index in [0.29, 0.717) is 17.2 Å². The van der Waals surface area contributed by atoms with Crippen molar-refractivity contribution in [2.24, 2.45) is 4.40 Å². The minimum atomic E-state index is -1.37. The molecule has 2 rings (SSSR count). The number of hydrogen-bond acceptors (Lipinski definition) is 6. The first-order chi connectivity index (χ1) is 12.7. The Morgan fingerprint density at radius 2 is 2.11 bits per heavy atom. The SMILES string of the molecule is CCOC(=O)c1cccnc1Sc1cccc(Br)c1/C=N/[S+]([O-])C(C)(C)C. The van der Waals surface area contributed by atoms with E-state index in [1.54, 1.807) is 31.5 Å². The van der Waals surface area contributed by atoms with E-state index in [9.17, 15) is 9.35 Å². The molecule has 0 spiro atoms. The highest BCUT2D eigenvalue weighted by molar-refractivity contribution is 9.10. The number of benzene rings is 1. The first-order valence-corrected chi connectivity index (χ1v) is 11.0. The van der Waals surface area contributed by atoms with Crippen LogP contribution in [0.5, 0.6) is 0 Å². The maximum atomic E-state index is 12.3. The fraction of sp³-hybridized carbons (Fsp3) is 0.316. The van der Waals surface area contributed by atoms with Crippen LogP contribution >= 0.6 is 27.7 Å². The Bertz CT molecular complexity index is 838. The van der Waals surface area contributed by atoms with Crippen molar-refractivity contribution in [1.29, 1.82) is 0 Å². The molecule has 1 aromatic carbocycles. The topological polar surface area (TPSA) is 74.6 Å². The molecule has 1 heterocycles. The third-order valence-electron chi connectivity index (χ3n) is 3.29. The summed E-state index contributed by atoms with van der Waals surface area (Å²) in [5, 5.41) is 0.542. The summed E-state index contributed by atoms with van der Waals surface area (Å²) in [6, 6.07) is 9.06. The van der Waals surface area contributed by atoms with Crippen LogP contribution in [0.15, 0.2) is 55.3 Å². The van der Waals surface area contributed by atoms with Gasteiger partial charge in [-0.3, -0.25) is 0 Å². The summed E-state index contributed by atoms with van der Waals surface area (Å²) in [5.74, 6) is -0.410. The third-order valence-corrected chi connectivity index (χ3v) is 6.42. The van der Waals surface area contributed by atoms with Crippen LogP contribution in [0, 0.1) is 0 Å². The molecule has 1 aromatic heterocycles. The Morgan fingerprint density at radius 1 is 1.37 bits per heavy atom. The van der Waals surface area contributed by atoms with E-state index in [1.807, 2.05) is 39.0 Å². The largest absolute Gasteiger partial charge is 0.591 e. The van der Waals surface area contributed by atoms with Crippen molar-refractivity contribution < 1.29 is 14.1 Å². The fourth-order valence-electron chi connectivity index (χ4n) is 1.93. The van der Waals surface area contributed by atoms with Crippen LogP contribution in [0.4, 0.5) is 0 Å². The van der Waals surface area contributed by atoms with E-state index in [1.165, 1.54) is 11.8 Å². The zero-order chi connectivity index (χ0) is 20.0. The summed E-state index contributed by atoms with van der Waals surface area (Å²) >= 11 is 3.49. The summed E-state index contributed by atoms with van der Waals surface area (Å²) in [5.41, 5.74) is 1.19. The molecule has 0 aliphatic rings. The second-order valence-electron chi connectivity index (χ2n) is 6.43. The highest BCUT2D eigenvalue weighted by Gasteiger charge is 2.26. The minimum Gasteiger partial charge on any atom is -0.591 e. The molecule has 0 fully saturated rings. The van der Waals surface area contributed by atoms with Crippen molar-refractivity contribution in [1.82, 2.24) is 4.98 Å².